The quantitative estimate of drug-likeness (QED) is 0.128. The van der Waals surface area contributed by atoms with Crippen LogP contribution >= 0.6 is 57.6 Å². The molecule has 0 fully saturated rings. The van der Waals surface area contributed by atoms with E-state index in [-0.39, 0.29) is 10.7 Å². The molecule has 1 aliphatic heterocycles. The second-order valence-electron chi connectivity index (χ2n) is 8.46. The Balaban J connectivity index is 1.50. The zero-order valence-electron chi connectivity index (χ0n) is 20.8. The van der Waals surface area contributed by atoms with E-state index in [2.05, 4.69) is 15.2 Å². The van der Waals surface area contributed by atoms with E-state index in [1.54, 1.807) is 57.4 Å². The number of halogens is 2. The number of hydrogen-bond acceptors (Lipinski definition) is 10. The highest BCUT2D eigenvalue weighted by Gasteiger charge is 2.46. The summed E-state index contributed by atoms with van der Waals surface area (Å²) in [4.78, 5) is 33.2. The molecule has 0 saturated heterocycles. The summed E-state index contributed by atoms with van der Waals surface area (Å²) in [6.07, 6.45) is 0. The molecular weight excluding hydrogens is 599 g/mol. The van der Waals surface area contributed by atoms with Crippen LogP contribution in [0.5, 0.6) is 5.75 Å². The molecule has 1 unspecified atom stereocenters. The number of anilines is 1. The molecule has 0 aliphatic carbocycles. The van der Waals surface area contributed by atoms with E-state index in [9.17, 15) is 14.7 Å². The van der Waals surface area contributed by atoms with Crippen molar-refractivity contribution < 1.29 is 19.4 Å². The first-order chi connectivity index (χ1) is 18.7. The first-order valence-corrected chi connectivity index (χ1v) is 14.8. The van der Waals surface area contributed by atoms with Gasteiger partial charge in [-0.2, -0.15) is 0 Å². The van der Waals surface area contributed by atoms with Gasteiger partial charge in [0.2, 0.25) is 10.9 Å². The number of aliphatic hydroxyl groups excluding tert-OH is 1. The average Bonchev–Trinajstić information content (AvgIpc) is 3.59. The first-order valence-electron chi connectivity index (χ1n) is 11.5. The van der Waals surface area contributed by atoms with E-state index in [0.29, 0.717) is 47.0 Å². The van der Waals surface area contributed by atoms with Crippen LogP contribution < -0.4 is 9.64 Å². The molecule has 200 valence electrons. The van der Waals surface area contributed by atoms with Crippen molar-refractivity contribution in [1.82, 2.24) is 15.2 Å². The van der Waals surface area contributed by atoms with Crippen LogP contribution in [-0.2, 0) is 10.5 Å². The van der Waals surface area contributed by atoms with Crippen molar-refractivity contribution >= 4 is 74.5 Å². The fourth-order valence-corrected chi connectivity index (χ4v) is 7.44. The van der Waals surface area contributed by atoms with E-state index in [1.807, 2.05) is 6.07 Å². The maximum atomic E-state index is 13.7. The van der Waals surface area contributed by atoms with E-state index < -0.39 is 23.5 Å². The molecule has 39 heavy (non-hydrogen) atoms. The number of thioether (sulfide) groups is 1. The Kier molecular flexibility index (Phi) is 7.97. The third kappa shape index (κ3) is 5.42. The number of amides is 1. The van der Waals surface area contributed by atoms with Gasteiger partial charge in [0.15, 0.2) is 10.1 Å². The summed E-state index contributed by atoms with van der Waals surface area (Å²) in [6.45, 7) is 3.53. The van der Waals surface area contributed by atoms with Gasteiger partial charge >= 0.3 is 0 Å². The number of benzene rings is 2. The second-order valence-corrected chi connectivity index (χ2v) is 12.7. The standard InChI is InChI=1S/C26H20Cl2N4O4S3/c1-12-23(38-13(2)29-12)21(33)19-20(14-5-8-17(36-3)9-6-14)32(24(35)22(19)34)25-30-31-26(39-25)37-11-15-4-7-16(27)10-18(15)28/h4-10,20,34H,11H2,1-3H3. The average molecular weight is 620 g/mol. The van der Waals surface area contributed by atoms with Crippen LogP contribution in [0.15, 0.2) is 58.1 Å². The molecule has 4 aromatic rings. The van der Waals surface area contributed by atoms with Crippen LogP contribution in [-0.4, -0.2) is 39.1 Å². The summed E-state index contributed by atoms with van der Waals surface area (Å²) in [6, 6.07) is 11.3. The Bertz CT molecular complexity index is 1620. The minimum Gasteiger partial charge on any atom is -0.503 e. The number of aromatic nitrogens is 3. The van der Waals surface area contributed by atoms with Crippen molar-refractivity contribution in [2.45, 2.75) is 30.0 Å². The SMILES string of the molecule is COc1ccc(C2C(C(=O)c3sc(C)nc3C)=C(O)C(=O)N2c2nnc(SCc3ccc(Cl)cc3Cl)s2)cc1. The Morgan fingerprint density at radius 1 is 1.13 bits per heavy atom. The lowest BCUT2D eigenvalue weighted by atomic mass is 9.95. The summed E-state index contributed by atoms with van der Waals surface area (Å²) in [5.41, 5.74) is 1.98. The van der Waals surface area contributed by atoms with E-state index in [1.165, 1.54) is 39.3 Å². The van der Waals surface area contributed by atoms with Gasteiger partial charge in [0.1, 0.15) is 5.75 Å². The van der Waals surface area contributed by atoms with Crippen molar-refractivity contribution in [2.75, 3.05) is 12.0 Å². The number of hydrogen-bond donors (Lipinski definition) is 1. The summed E-state index contributed by atoms with van der Waals surface area (Å²) < 4.78 is 5.86. The molecule has 13 heteroatoms. The van der Waals surface area contributed by atoms with Gasteiger partial charge in [0, 0.05) is 15.8 Å². The van der Waals surface area contributed by atoms with E-state index in [0.717, 1.165) is 5.56 Å². The van der Waals surface area contributed by atoms with Crippen molar-refractivity contribution in [2.24, 2.45) is 0 Å². The first kappa shape index (κ1) is 27.6. The van der Waals surface area contributed by atoms with Crippen molar-refractivity contribution in [3.8, 4) is 5.75 Å². The van der Waals surface area contributed by atoms with Crippen LogP contribution in [0.3, 0.4) is 0 Å². The van der Waals surface area contributed by atoms with Gasteiger partial charge < -0.3 is 9.84 Å². The lowest BCUT2D eigenvalue weighted by Crippen LogP contribution is -2.31. The number of carbonyl (C=O) groups is 2. The molecule has 2 aromatic carbocycles. The predicted molar refractivity (Wildman–Crippen MR) is 155 cm³/mol. The summed E-state index contributed by atoms with van der Waals surface area (Å²) in [5, 5.41) is 21.5. The molecule has 0 radical (unpaired) electrons. The minimum atomic E-state index is -0.922. The highest BCUT2D eigenvalue weighted by atomic mass is 35.5. The lowest BCUT2D eigenvalue weighted by Gasteiger charge is -2.24. The van der Waals surface area contributed by atoms with Gasteiger partial charge in [-0.05, 0) is 49.2 Å². The molecule has 5 rings (SSSR count). The number of ether oxygens (including phenoxy) is 1. The Morgan fingerprint density at radius 2 is 1.87 bits per heavy atom. The van der Waals surface area contributed by atoms with Crippen LogP contribution in [0.4, 0.5) is 5.13 Å². The molecule has 1 amide bonds. The summed E-state index contributed by atoms with van der Waals surface area (Å²) in [7, 11) is 1.55. The number of aryl methyl sites for hydroxylation is 2. The summed E-state index contributed by atoms with van der Waals surface area (Å²) >= 11 is 16.1. The highest BCUT2D eigenvalue weighted by Crippen LogP contribution is 2.45. The number of Topliss-reactive ketones (excluding diaryl/α,β-unsaturated/α-hetero) is 1. The third-order valence-corrected chi connectivity index (χ3v) is 9.73. The van der Waals surface area contributed by atoms with Gasteiger partial charge in [-0.15, -0.1) is 21.5 Å². The summed E-state index contributed by atoms with van der Waals surface area (Å²) in [5.74, 6) is -0.684. The molecule has 1 atom stereocenters. The zero-order chi connectivity index (χ0) is 27.8. The van der Waals surface area contributed by atoms with Crippen molar-refractivity contribution in [1.29, 1.82) is 0 Å². The number of aliphatic hydroxyl groups is 1. The third-order valence-electron chi connectivity index (χ3n) is 5.96. The highest BCUT2D eigenvalue weighted by molar-refractivity contribution is 8.00. The Morgan fingerprint density at radius 3 is 2.51 bits per heavy atom. The smallest absolute Gasteiger partial charge is 0.296 e. The van der Waals surface area contributed by atoms with Crippen LogP contribution in [0.1, 0.15) is 37.5 Å². The topological polar surface area (TPSA) is 106 Å². The van der Waals surface area contributed by atoms with Crippen LogP contribution in [0, 0.1) is 13.8 Å². The van der Waals surface area contributed by atoms with E-state index in [4.69, 9.17) is 27.9 Å². The lowest BCUT2D eigenvalue weighted by molar-refractivity contribution is -0.117. The fourth-order valence-electron chi connectivity index (χ4n) is 4.14. The maximum Gasteiger partial charge on any atom is 0.296 e. The zero-order valence-corrected chi connectivity index (χ0v) is 24.7. The largest absolute Gasteiger partial charge is 0.503 e. The van der Waals surface area contributed by atoms with Gasteiger partial charge in [0.05, 0.1) is 34.3 Å². The van der Waals surface area contributed by atoms with Gasteiger partial charge in [-0.1, -0.05) is 64.5 Å². The number of thiazole rings is 1. The van der Waals surface area contributed by atoms with Crippen molar-refractivity contribution in [3.63, 3.8) is 0 Å². The molecule has 2 aromatic heterocycles. The molecule has 8 nitrogen and oxygen atoms in total. The van der Waals surface area contributed by atoms with Gasteiger partial charge in [-0.3, -0.25) is 14.5 Å². The fraction of sp³-hybridized carbons (Fsp3) is 0.192. The Hall–Kier alpha value is -2.96. The normalized spacial score (nSPS) is 15.4. The Labute approximate surface area is 246 Å². The van der Waals surface area contributed by atoms with Crippen molar-refractivity contribution in [3.05, 3.63) is 90.5 Å². The molecule has 3 heterocycles. The number of nitrogens with zero attached hydrogens (tertiary/aromatic N) is 4. The molecular formula is C26H20Cl2N4O4S3. The van der Waals surface area contributed by atoms with Gasteiger partial charge in [0.25, 0.3) is 5.91 Å². The predicted octanol–water partition coefficient (Wildman–Crippen LogP) is 7.00. The molecule has 1 N–H and O–H groups in total. The second kappa shape index (κ2) is 11.3. The number of ketones is 1. The molecule has 0 bridgehead atoms. The number of methoxy groups -OCH3 is 1. The van der Waals surface area contributed by atoms with Gasteiger partial charge in [-0.25, -0.2) is 4.98 Å². The number of carbonyl (C=O) groups excluding carboxylic acids is 2. The van der Waals surface area contributed by atoms with E-state index >= 15 is 0 Å². The monoisotopic (exact) mass is 618 g/mol. The maximum absolute atomic E-state index is 13.7. The van der Waals surface area contributed by atoms with Crippen LogP contribution in [0.25, 0.3) is 0 Å². The molecule has 1 aliphatic rings. The van der Waals surface area contributed by atoms with Crippen LogP contribution in [0.2, 0.25) is 10.0 Å². The molecule has 0 spiro atoms. The molecule has 0 saturated carbocycles. The number of rotatable bonds is 8. The minimum absolute atomic E-state index is 0.0331.